The average molecular weight is 449 g/mol. The number of anilines is 1. The van der Waals surface area contributed by atoms with Crippen LogP contribution in [-0.4, -0.2) is 53.0 Å². The molecule has 1 aromatic carbocycles. The summed E-state index contributed by atoms with van der Waals surface area (Å²) in [6, 6.07) is 7.17. The van der Waals surface area contributed by atoms with E-state index in [-0.39, 0.29) is 15.2 Å². The zero-order valence-electron chi connectivity index (χ0n) is 17.8. The predicted octanol–water partition coefficient (Wildman–Crippen LogP) is 3.35. The van der Waals surface area contributed by atoms with Crippen molar-refractivity contribution >= 4 is 15.9 Å². The van der Waals surface area contributed by atoms with E-state index in [1.165, 1.54) is 0 Å². The Hall–Kier alpha value is -2.85. The highest BCUT2D eigenvalue weighted by atomic mass is 32.2. The Bertz CT molecular complexity index is 1190. The van der Waals surface area contributed by atoms with Gasteiger partial charge in [0.1, 0.15) is 5.69 Å². The van der Waals surface area contributed by atoms with Gasteiger partial charge in [-0.2, -0.15) is 0 Å². The number of hydrogen-bond donors (Lipinski definition) is 1. The fourth-order valence-electron chi connectivity index (χ4n) is 3.50. The van der Waals surface area contributed by atoms with Gasteiger partial charge in [0, 0.05) is 29.0 Å². The minimum absolute atomic E-state index is 0. The van der Waals surface area contributed by atoms with Crippen LogP contribution in [0.15, 0.2) is 39.8 Å². The van der Waals surface area contributed by atoms with Gasteiger partial charge in [-0.3, -0.25) is 4.98 Å². The van der Waals surface area contributed by atoms with Gasteiger partial charge in [0.15, 0.2) is 9.84 Å². The smallest absolute Gasteiger partial charge is 0.318 e. The van der Waals surface area contributed by atoms with Crippen LogP contribution in [0.5, 0.6) is 0 Å². The van der Waals surface area contributed by atoms with Crippen LogP contribution in [0.3, 0.4) is 0 Å². The average Bonchev–Trinajstić information content (AvgIpc) is 3.24. The van der Waals surface area contributed by atoms with Crippen LogP contribution < -0.4 is 10.6 Å². The lowest BCUT2D eigenvalue weighted by Crippen LogP contribution is -2.43. The molecule has 1 saturated heterocycles. The van der Waals surface area contributed by atoms with Gasteiger partial charge >= 0.3 is 6.01 Å². The number of benzene rings is 1. The summed E-state index contributed by atoms with van der Waals surface area (Å²) in [6.45, 7) is 6.66. The molecule has 10 heteroatoms. The van der Waals surface area contributed by atoms with Gasteiger partial charge in [-0.05, 0) is 45.7 Å². The van der Waals surface area contributed by atoms with E-state index in [0.29, 0.717) is 35.5 Å². The third kappa shape index (κ3) is 4.31. The van der Waals surface area contributed by atoms with Crippen molar-refractivity contribution in [2.75, 3.05) is 18.0 Å². The molecule has 170 valence electrons. The molecule has 0 aliphatic carbocycles. The third-order valence-corrected chi connectivity index (χ3v) is 7.57. The van der Waals surface area contributed by atoms with Crippen molar-refractivity contribution in [2.24, 2.45) is 5.73 Å². The Morgan fingerprint density at radius 1 is 1.23 bits per heavy atom. The Kier molecular flexibility index (Phi) is 5.76. The SMILES string of the molecule is Cc1ncc(-c2ccc(S(=O)(=O)C(C)C)cc2)nc1-c1nnc(N2CCCC(N)C2)o1.[HH].[HH].[HH]. The molecule has 2 aromatic heterocycles. The summed E-state index contributed by atoms with van der Waals surface area (Å²) in [5.41, 5.74) is 8.55. The molecule has 1 aliphatic rings. The number of aromatic nitrogens is 4. The Morgan fingerprint density at radius 2 is 1.97 bits per heavy atom. The van der Waals surface area contributed by atoms with Crippen molar-refractivity contribution in [1.29, 1.82) is 0 Å². The fourth-order valence-corrected chi connectivity index (χ4v) is 4.56. The zero-order valence-corrected chi connectivity index (χ0v) is 18.6. The highest BCUT2D eigenvalue weighted by Crippen LogP contribution is 2.27. The Balaban J connectivity index is 0.00000193. The third-order valence-electron chi connectivity index (χ3n) is 5.40. The first-order valence-electron chi connectivity index (χ1n) is 10.3. The molecule has 0 radical (unpaired) electrons. The van der Waals surface area contributed by atoms with Crippen LogP contribution in [0.1, 0.15) is 36.7 Å². The van der Waals surface area contributed by atoms with Gasteiger partial charge in [-0.1, -0.05) is 17.2 Å². The van der Waals surface area contributed by atoms with Crippen LogP contribution in [0, 0.1) is 6.92 Å². The maximum atomic E-state index is 12.3. The molecule has 1 unspecified atom stereocenters. The van der Waals surface area contributed by atoms with E-state index in [1.54, 1.807) is 44.3 Å². The Labute approximate surface area is 186 Å². The molecule has 1 fully saturated rings. The van der Waals surface area contributed by atoms with Gasteiger partial charge in [-0.15, -0.1) is 5.10 Å². The summed E-state index contributed by atoms with van der Waals surface area (Å²) in [5, 5.41) is 7.85. The Morgan fingerprint density at radius 3 is 2.65 bits per heavy atom. The van der Waals surface area contributed by atoms with Crippen molar-refractivity contribution in [2.45, 2.75) is 49.8 Å². The molecule has 1 atom stereocenters. The number of sulfone groups is 1. The summed E-state index contributed by atoms with van der Waals surface area (Å²) in [6.07, 6.45) is 3.61. The number of nitrogens with zero attached hydrogens (tertiary/aromatic N) is 5. The lowest BCUT2D eigenvalue weighted by atomic mass is 10.1. The highest BCUT2D eigenvalue weighted by Gasteiger charge is 2.23. The molecule has 9 nitrogen and oxygen atoms in total. The molecule has 1 aliphatic heterocycles. The molecular formula is C21H32N6O3S. The van der Waals surface area contributed by atoms with E-state index in [0.717, 1.165) is 24.9 Å². The lowest BCUT2D eigenvalue weighted by Gasteiger charge is -2.28. The largest absolute Gasteiger partial charge is 0.401 e. The molecular weight excluding hydrogens is 416 g/mol. The van der Waals surface area contributed by atoms with E-state index in [2.05, 4.69) is 20.2 Å². The molecule has 4 rings (SSSR count). The minimum atomic E-state index is -3.33. The molecule has 0 spiro atoms. The fraction of sp³-hybridized carbons (Fsp3) is 0.429. The maximum Gasteiger partial charge on any atom is 0.318 e. The van der Waals surface area contributed by atoms with Crippen LogP contribution >= 0.6 is 0 Å². The second kappa shape index (κ2) is 8.35. The summed E-state index contributed by atoms with van der Waals surface area (Å²) >= 11 is 0. The van der Waals surface area contributed by atoms with Gasteiger partial charge in [0.05, 0.1) is 27.7 Å². The first kappa shape index (κ1) is 21.4. The van der Waals surface area contributed by atoms with E-state index < -0.39 is 15.1 Å². The van der Waals surface area contributed by atoms with Gasteiger partial charge < -0.3 is 15.1 Å². The van der Waals surface area contributed by atoms with Crippen LogP contribution in [0.2, 0.25) is 0 Å². The second-order valence-corrected chi connectivity index (χ2v) is 10.5. The number of rotatable bonds is 5. The van der Waals surface area contributed by atoms with Crippen molar-refractivity contribution in [3.05, 3.63) is 36.2 Å². The van der Waals surface area contributed by atoms with E-state index >= 15 is 0 Å². The molecule has 2 N–H and O–H groups in total. The first-order valence-corrected chi connectivity index (χ1v) is 11.8. The molecule has 3 aromatic rings. The molecule has 3 heterocycles. The normalized spacial score (nSPS) is 17.3. The monoisotopic (exact) mass is 448 g/mol. The summed E-state index contributed by atoms with van der Waals surface area (Å²) in [4.78, 5) is 11.4. The predicted molar refractivity (Wildman–Crippen MR) is 124 cm³/mol. The van der Waals surface area contributed by atoms with Gasteiger partial charge in [0.2, 0.25) is 0 Å². The zero-order chi connectivity index (χ0) is 22.2. The molecule has 31 heavy (non-hydrogen) atoms. The minimum Gasteiger partial charge on any atom is -0.401 e. The molecule has 0 bridgehead atoms. The van der Waals surface area contributed by atoms with Crippen molar-refractivity contribution in [3.63, 3.8) is 0 Å². The van der Waals surface area contributed by atoms with Crippen LogP contribution in [-0.2, 0) is 9.84 Å². The number of hydrogen-bond acceptors (Lipinski definition) is 9. The van der Waals surface area contributed by atoms with Gasteiger partial charge in [-0.25, -0.2) is 13.4 Å². The van der Waals surface area contributed by atoms with Crippen LogP contribution in [0.25, 0.3) is 22.8 Å². The molecule has 0 amide bonds. The van der Waals surface area contributed by atoms with E-state index in [9.17, 15) is 8.42 Å². The van der Waals surface area contributed by atoms with Crippen molar-refractivity contribution in [1.82, 2.24) is 20.2 Å². The number of nitrogens with two attached hydrogens (primary N) is 1. The van der Waals surface area contributed by atoms with E-state index in [4.69, 9.17) is 10.2 Å². The van der Waals surface area contributed by atoms with E-state index in [1.807, 2.05) is 11.8 Å². The highest BCUT2D eigenvalue weighted by molar-refractivity contribution is 7.92. The van der Waals surface area contributed by atoms with Crippen molar-refractivity contribution < 1.29 is 17.1 Å². The second-order valence-electron chi connectivity index (χ2n) is 8.05. The first-order chi connectivity index (χ1) is 14.8. The van der Waals surface area contributed by atoms with Crippen LogP contribution in [0.4, 0.5) is 6.01 Å². The summed E-state index contributed by atoms with van der Waals surface area (Å²) < 4.78 is 30.6. The number of piperidine rings is 1. The van der Waals surface area contributed by atoms with Gasteiger partial charge in [0.25, 0.3) is 5.89 Å². The standard InChI is InChI=1S/C21H26N6O3S.3H2/c1-13(2)31(28,29)17-8-6-15(7-9-17)18-11-23-14(3)19(24-18)20-25-26-21(30-20)27-10-4-5-16(22)12-27;;;/h6-9,11,13,16H,4-5,10,12,22H2,1-3H3;3*1H. The topological polar surface area (TPSA) is 128 Å². The number of aryl methyl sites for hydroxylation is 1. The van der Waals surface area contributed by atoms with Crippen molar-refractivity contribution in [3.8, 4) is 22.8 Å². The molecule has 0 saturated carbocycles. The quantitative estimate of drug-likeness (QED) is 0.624. The lowest BCUT2D eigenvalue weighted by molar-refractivity contribution is 0.460. The summed E-state index contributed by atoms with van der Waals surface area (Å²) in [5.74, 6) is 0.292. The summed E-state index contributed by atoms with van der Waals surface area (Å²) in [7, 11) is -3.33. The maximum absolute atomic E-state index is 12.3.